The Bertz CT molecular complexity index is 3860. The molecule has 0 unspecified atom stereocenters. The van der Waals surface area contributed by atoms with Crippen LogP contribution in [0.1, 0.15) is 72.2 Å². The first-order valence-electron chi connectivity index (χ1n) is 23.5. The van der Waals surface area contributed by atoms with E-state index in [0.717, 1.165) is 81.4 Å². The molecular weight excluding hydrogens is 981 g/mol. The van der Waals surface area contributed by atoms with E-state index in [1.165, 1.54) is 39.7 Å². The number of rotatable bonds is 15. The molecule has 0 fully saturated rings. The number of aromatic nitrogens is 5. The predicted molar refractivity (Wildman–Crippen MR) is 291 cm³/mol. The number of nitrogens with one attached hydrogen (secondary N) is 1. The smallest absolute Gasteiger partial charge is 0.213 e. The molecule has 0 radical (unpaired) electrons. The largest absolute Gasteiger partial charge is 0.338 e. The SMILES string of the molecule is CCc1cc(C)cc(CC)c1Nc1nc(N(c2nc3cc(S(C)(=O)=O)ccc3s2)c2c(CC)cc(C)cc2CC)cc(C)c1N=Nc1c(C#N)c(-c2ccccc2)nn1-c1nc2cc(S(C)(=O)=O)ccc2s1. The van der Waals surface area contributed by atoms with Crippen molar-refractivity contribution in [1.82, 2.24) is 24.7 Å². The number of thiazole rings is 2. The molecule has 4 heterocycles. The standard InChI is InChI=1S/C54H52N10O4S4/c1-10-34-23-31(5)24-35(11-2)48(34)59-51-47(60-61-52-41(30-55)49(38-17-15-14-16-18-38)62-64(52)54-57-43-29-40(72(9,67)68)20-22-45(43)70-54)33(7)27-46(58-51)63(50-36(12-3)25-32(6)26-37(50)13-4)53-56-42-28-39(71(8,65)66)19-21-44(42)69-53/h14-29H,10-13H2,1-9H3,(H,58,59). The van der Waals surface area contributed by atoms with Gasteiger partial charge >= 0.3 is 0 Å². The summed E-state index contributed by atoms with van der Waals surface area (Å²) in [5, 5.41) is 30.4. The van der Waals surface area contributed by atoms with Gasteiger partial charge in [-0.25, -0.2) is 31.8 Å². The normalized spacial score (nSPS) is 12.1. The van der Waals surface area contributed by atoms with Crippen LogP contribution in [0.4, 0.5) is 39.6 Å². The molecule has 4 aromatic heterocycles. The fraction of sp³-hybridized carbons (Fsp3) is 0.241. The fourth-order valence-electron chi connectivity index (χ4n) is 8.89. The lowest BCUT2D eigenvalue weighted by Gasteiger charge is -2.28. The maximum Gasteiger partial charge on any atom is 0.213 e. The minimum absolute atomic E-state index is 0.122. The zero-order valence-corrected chi connectivity index (χ0v) is 44.6. The van der Waals surface area contributed by atoms with Crippen LogP contribution in [0.5, 0.6) is 0 Å². The van der Waals surface area contributed by atoms with E-state index >= 15 is 0 Å². The van der Waals surface area contributed by atoms with Crippen molar-refractivity contribution in [3.8, 4) is 22.5 Å². The van der Waals surface area contributed by atoms with Gasteiger partial charge in [-0.15, -0.1) is 10.2 Å². The maximum atomic E-state index is 12.7. The minimum Gasteiger partial charge on any atom is -0.338 e. The van der Waals surface area contributed by atoms with Gasteiger partial charge in [0.2, 0.25) is 5.13 Å². The van der Waals surface area contributed by atoms with Crippen molar-refractivity contribution in [3.05, 3.63) is 142 Å². The molecule has 9 rings (SSSR count). The summed E-state index contributed by atoms with van der Waals surface area (Å²) < 4.78 is 53.6. The number of aryl methyl sites for hydroxylation is 7. The molecule has 5 aromatic carbocycles. The third-order valence-corrected chi connectivity index (χ3v) is 16.7. The average Bonchev–Trinajstić information content (AvgIpc) is 4.08. The van der Waals surface area contributed by atoms with Crippen molar-refractivity contribution >= 4 is 102 Å². The molecule has 0 aliphatic rings. The van der Waals surface area contributed by atoms with Crippen LogP contribution in [0.2, 0.25) is 0 Å². The van der Waals surface area contributed by atoms with Crippen LogP contribution >= 0.6 is 22.7 Å². The Labute approximate surface area is 427 Å². The lowest BCUT2D eigenvalue weighted by molar-refractivity contribution is 0.600. The van der Waals surface area contributed by atoms with Gasteiger partial charge in [-0.2, -0.15) is 15.0 Å². The first kappa shape index (κ1) is 49.8. The molecule has 72 heavy (non-hydrogen) atoms. The summed E-state index contributed by atoms with van der Waals surface area (Å²) in [6.07, 6.45) is 5.26. The number of hydrogen-bond acceptors (Lipinski definition) is 15. The molecule has 0 saturated heterocycles. The number of pyridine rings is 1. The molecular formula is C54H52N10O4S4. The van der Waals surface area contributed by atoms with E-state index in [0.29, 0.717) is 60.1 Å². The van der Waals surface area contributed by atoms with Crippen LogP contribution in [0.3, 0.4) is 0 Å². The summed E-state index contributed by atoms with van der Waals surface area (Å²) in [5.74, 6) is 1.07. The van der Waals surface area contributed by atoms with Gasteiger partial charge in [0, 0.05) is 23.8 Å². The number of sulfone groups is 2. The summed E-state index contributed by atoms with van der Waals surface area (Å²) in [6, 6.07) is 32.2. The molecule has 0 bridgehead atoms. The van der Waals surface area contributed by atoms with Gasteiger partial charge in [-0.05, 0) is 117 Å². The van der Waals surface area contributed by atoms with Gasteiger partial charge < -0.3 is 5.32 Å². The number of nitrogens with zero attached hydrogens (tertiary/aromatic N) is 9. The first-order chi connectivity index (χ1) is 34.4. The third kappa shape index (κ3) is 9.64. The molecule has 18 heteroatoms. The second kappa shape index (κ2) is 19.8. The lowest BCUT2D eigenvalue weighted by Crippen LogP contribution is -2.17. The Hall–Kier alpha value is -7.17. The van der Waals surface area contributed by atoms with Gasteiger partial charge in [0.25, 0.3) is 0 Å². The number of azo groups is 1. The Morgan fingerprint density at radius 3 is 1.79 bits per heavy atom. The maximum absolute atomic E-state index is 12.7. The Morgan fingerprint density at radius 1 is 0.681 bits per heavy atom. The summed E-state index contributed by atoms with van der Waals surface area (Å²) in [5.41, 5.74) is 11.8. The molecule has 1 N–H and O–H groups in total. The van der Waals surface area contributed by atoms with E-state index in [9.17, 15) is 22.1 Å². The summed E-state index contributed by atoms with van der Waals surface area (Å²) in [4.78, 5) is 17.8. The molecule has 0 amide bonds. The summed E-state index contributed by atoms with van der Waals surface area (Å²) in [6.45, 7) is 14.6. The molecule has 0 saturated carbocycles. The van der Waals surface area contributed by atoms with Gasteiger partial charge in [-0.3, -0.25) is 4.90 Å². The van der Waals surface area contributed by atoms with Crippen molar-refractivity contribution in [2.75, 3.05) is 22.7 Å². The topological polar surface area (TPSA) is 189 Å². The molecule has 366 valence electrons. The molecule has 9 aromatic rings. The second-order valence-corrected chi connectivity index (χ2v) is 23.7. The van der Waals surface area contributed by atoms with Crippen molar-refractivity contribution in [1.29, 1.82) is 5.26 Å². The molecule has 0 aliphatic carbocycles. The number of fused-ring (bicyclic) bond motifs is 2. The third-order valence-electron chi connectivity index (χ3n) is 12.4. The Morgan fingerprint density at radius 2 is 1.24 bits per heavy atom. The van der Waals surface area contributed by atoms with Crippen LogP contribution in [-0.4, -0.2) is 54.1 Å². The van der Waals surface area contributed by atoms with Crippen LogP contribution < -0.4 is 10.2 Å². The second-order valence-electron chi connectivity index (χ2n) is 17.7. The van der Waals surface area contributed by atoms with Gasteiger partial charge in [-0.1, -0.05) is 116 Å². The van der Waals surface area contributed by atoms with Crippen molar-refractivity contribution in [3.63, 3.8) is 0 Å². The van der Waals surface area contributed by atoms with E-state index in [2.05, 4.69) is 82.1 Å². The number of nitriles is 1. The highest BCUT2D eigenvalue weighted by atomic mass is 32.2. The first-order valence-corrected chi connectivity index (χ1v) is 28.9. The van der Waals surface area contributed by atoms with E-state index in [-0.39, 0.29) is 21.2 Å². The molecule has 0 aliphatic heterocycles. The number of hydrogen-bond donors (Lipinski definition) is 1. The van der Waals surface area contributed by atoms with Crippen molar-refractivity contribution in [2.24, 2.45) is 10.2 Å². The van der Waals surface area contributed by atoms with E-state index in [4.69, 9.17) is 30.3 Å². The predicted octanol–water partition coefficient (Wildman–Crippen LogP) is 13.6. The van der Waals surface area contributed by atoms with Crippen molar-refractivity contribution < 1.29 is 16.8 Å². The van der Waals surface area contributed by atoms with Crippen LogP contribution in [0.25, 0.3) is 36.8 Å². The molecule has 0 atom stereocenters. The quantitative estimate of drug-likeness (QED) is 0.0962. The zero-order chi connectivity index (χ0) is 51.2. The molecule has 14 nitrogen and oxygen atoms in total. The zero-order valence-electron chi connectivity index (χ0n) is 41.4. The highest BCUT2D eigenvalue weighted by molar-refractivity contribution is 7.91. The van der Waals surface area contributed by atoms with Crippen molar-refractivity contribution in [2.45, 2.75) is 83.9 Å². The minimum atomic E-state index is -3.52. The summed E-state index contributed by atoms with van der Waals surface area (Å²) in [7, 11) is -7.02. The Kier molecular flexibility index (Phi) is 13.7. The van der Waals surface area contributed by atoms with Crippen LogP contribution in [0, 0.1) is 32.1 Å². The highest BCUT2D eigenvalue weighted by Crippen LogP contribution is 2.46. The van der Waals surface area contributed by atoms with Gasteiger partial charge in [0.05, 0.1) is 35.9 Å². The summed E-state index contributed by atoms with van der Waals surface area (Å²) >= 11 is 2.73. The van der Waals surface area contributed by atoms with E-state index in [1.54, 1.807) is 30.3 Å². The van der Waals surface area contributed by atoms with Gasteiger partial charge in [0.15, 0.2) is 36.4 Å². The van der Waals surface area contributed by atoms with E-state index < -0.39 is 19.7 Å². The fourth-order valence-corrected chi connectivity index (χ4v) is 12.0. The number of benzene rings is 5. The Balaban J connectivity index is 1.30. The monoisotopic (exact) mass is 1030 g/mol. The highest BCUT2D eigenvalue weighted by Gasteiger charge is 2.28. The van der Waals surface area contributed by atoms with Crippen LogP contribution in [0.15, 0.2) is 117 Å². The lowest BCUT2D eigenvalue weighted by atomic mass is 9.98. The molecule has 0 spiro atoms. The van der Waals surface area contributed by atoms with Gasteiger partial charge in [0.1, 0.15) is 28.8 Å². The average molecular weight is 1030 g/mol. The van der Waals surface area contributed by atoms with Crippen LogP contribution in [-0.2, 0) is 45.4 Å². The number of anilines is 5. The van der Waals surface area contributed by atoms with E-state index in [1.807, 2.05) is 43.3 Å².